The van der Waals surface area contributed by atoms with Gasteiger partial charge in [-0.25, -0.2) is 4.68 Å². The first-order valence-electron chi connectivity index (χ1n) is 6.88. The molecular weight excluding hydrogens is 294 g/mol. The number of carbonyl (C=O) groups is 2. The molecule has 0 saturated heterocycles. The lowest BCUT2D eigenvalue weighted by Gasteiger charge is -2.09. The summed E-state index contributed by atoms with van der Waals surface area (Å²) in [7, 11) is 0. The van der Waals surface area contributed by atoms with Crippen LogP contribution in [-0.2, 0) is 4.79 Å². The highest BCUT2D eigenvalue weighted by atomic mass is 16.1. The van der Waals surface area contributed by atoms with Gasteiger partial charge in [-0.05, 0) is 30.3 Å². The van der Waals surface area contributed by atoms with Gasteiger partial charge >= 0.3 is 0 Å². The van der Waals surface area contributed by atoms with Crippen molar-refractivity contribution in [2.45, 2.75) is 6.92 Å². The van der Waals surface area contributed by atoms with Crippen LogP contribution in [0.3, 0.4) is 0 Å². The van der Waals surface area contributed by atoms with Gasteiger partial charge in [0.2, 0.25) is 5.91 Å². The molecule has 3 aromatic rings. The van der Waals surface area contributed by atoms with E-state index in [0.29, 0.717) is 23.4 Å². The van der Waals surface area contributed by atoms with Gasteiger partial charge in [0.25, 0.3) is 0 Å². The Morgan fingerprint density at radius 1 is 1.22 bits per heavy atom. The average molecular weight is 307 g/mol. The van der Waals surface area contributed by atoms with E-state index in [-0.39, 0.29) is 11.6 Å². The molecule has 23 heavy (non-hydrogen) atoms. The van der Waals surface area contributed by atoms with E-state index in [2.05, 4.69) is 20.6 Å². The number of hydrogen-bond acceptors (Lipinski definition) is 5. The second kappa shape index (κ2) is 6.18. The summed E-state index contributed by atoms with van der Waals surface area (Å²) < 4.78 is 1.56. The monoisotopic (exact) mass is 307 g/mol. The number of amides is 1. The highest BCUT2D eigenvalue weighted by Gasteiger charge is 2.16. The van der Waals surface area contributed by atoms with Gasteiger partial charge in [-0.15, -0.1) is 5.10 Å². The number of aromatic nitrogens is 4. The van der Waals surface area contributed by atoms with E-state index in [1.807, 2.05) is 6.07 Å². The second-order valence-electron chi connectivity index (χ2n) is 4.82. The normalized spacial score (nSPS) is 10.3. The predicted molar refractivity (Wildman–Crippen MR) is 84.3 cm³/mol. The summed E-state index contributed by atoms with van der Waals surface area (Å²) >= 11 is 0. The highest BCUT2D eigenvalue weighted by molar-refractivity contribution is 5.89. The first kappa shape index (κ1) is 14.6. The second-order valence-corrected chi connectivity index (χ2v) is 4.82. The molecule has 2 heterocycles. The Morgan fingerprint density at radius 3 is 2.70 bits per heavy atom. The van der Waals surface area contributed by atoms with Gasteiger partial charge in [0.05, 0.1) is 5.69 Å². The van der Waals surface area contributed by atoms with Crippen LogP contribution in [-0.4, -0.2) is 32.2 Å². The fourth-order valence-electron chi connectivity index (χ4n) is 2.25. The summed E-state index contributed by atoms with van der Waals surface area (Å²) in [6.07, 6.45) is 3.93. The lowest BCUT2D eigenvalue weighted by atomic mass is 10.1. The molecule has 0 radical (unpaired) electrons. The van der Waals surface area contributed by atoms with Crippen molar-refractivity contribution in [3.63, 3.8) is 0 Å². The van der Waals surface area contributed by atoms with Crippen LogP contribution in [0.15, 0.2) is 48.8 Å². The molecule has 2 aromatic heterocycles. The summed E-state index contributed by atoms with van der Waals surface area (Å²) in [6.45, 7) is 1.44. The number of aldehydes is 1. The Balaban J connectivity index is 2.12. The van der Waals surface area contributed by atoms with Gasteiger partial charge < -0.3 is 5.32 Å². The first-order valence-corrected chi connectivity index (χ1v) is 6.88. The van der Waals surface area contributed by atoms with Crippen LogP contribution in [0, 0.1) is 0 Å². The smallest absolute Gasteiger partial charge is 0.221 e. The molecule has 0 aliphatic carbocycles. The van der Waals surface area contributed by atoms with Crippen LogP contribution in [0.5, 0.6) is 0 Å². The molecule has 7 nitrogen and oxygen atoms in total. The molecule has 1 N–H and O–H groups in total. The molecule has 0 fully saturated rings. The molecule has 0 saturated carbocycles. The largest absolute Gasteiger partial charge is 0.326 e. The number of nitrogens with zero attached hydrogens (tertiary/aromatic N) is 4. The van der Waals surface area contributed by atoms with E-state index >= 15 is 0 Å². The van der Waals surface area contributed by atoms with Crippen molar-refractivity contribution in [1.29, 1.82) is 0 Å². The first-order chi connectivity index (χ1) is 11.2. The number of hydrogen-bond donors (Lipinski definition) is 1. The van der Waals surface area contributed by atoms with Gasteiger partial charge in [-0.3, -0.25) is 14.6 Å². The lowest BCUT2D eigenvalue weighted by Crippen LogP contribution is -2.07. The summed E-state index contributed by atoms with van der Waals surface area (Å²) in [5, 5.41) is 10.7. The molecule has 0 aliphatic heterocycles. The van der Waals surface area contributed by atoms with Gasteiger partial charge in [-0.1, -0.05) is 11.3 Å². The van der Waals surface area contributed by atoms with Crippen molar-refractivity contribution >= 4 is 17.9 Å². The average Bonchev–Trinajstić information content (AvgIpc) is 2.99. The number of benzene rings is 1. The Hall–Kier alpha value is -3.35. The summed E-state index contributed by atoms with van der Waals surface area (Å²) in [5.41, 5.74) is 2.91. The van der Waals surface area contributed by atoms with Crippen LogP contribution in [0.4, 0.5) is 5.69 Å². The quantitative estimate of drug-likeness (QED) is 0.745. The minimum atomic E-state index is -0.163. The maximum atomic E-state index is 11.3. The van der Waals surface area contributed by atoms with Gasteiger partial charge in [0.15, 0.2) is 12.0 Å². The van der Waals surface area contributed by atoms with E-state index in [1.54, 1.807) is 47.4 Å². The molecule has 3 rings (SSSR count). The molecule has 1 amide bonds. The number of pyridine rings is 1. The Labute approximate surface area is 132 Å². The molecule has 1 aromatic carbocycles. The maximum Gasteiger partial charge on any atom is 0.221 e. The zero-order valence-corrected chi connectivity index (χ0v) is 12.3. The summed E-state index contributed by atoms with van der Waals surface area (Å²) in [4.78, 5) is 26.4. The van der Waals surface area contributed by atoms with E-state index < -0.39 is 0 Å². The standard InChI is InChI=1S/C16H13N5O2/c1-11(23)18-13-3-2-4-14(9-13)21-16(15(10-22)19-20-21)12-5-7-17-8-6-12/h2-10H,1H3,(H,18,23). The summed E-state index contributed by atoms with van der Waals surface area (Å²) in [6, 6.07) is 10.7. The van der Waals surface area contributed by atoms with Crippen LogP contribution in [0.2, 0.25) is 0 Å². The van der Waals surface area contributed by atoms with E-state index in [0.717, 1.165) is 5.56 Å². The van der Waals surface area contributed by atoms with Crippen LogP contribution < -0.4 is 5.32 Å². The van der Waals surface area contributed by atoms with Crippen LogP contribution in [0.1, 0.15) is 17.4 Å². The molecule has 0 bridgehead atoms. The fourth-order valence-corrected chi connectivity index (χ4v) is 2.25. The van der Waals surface area contributed by atoms with E-state index in [9.17, 15) is 9.59 Å². The highest BCUT2D eigenvalue weighted by Crippen LogP contribution is 2.25. The van der Waals surface area contributed by atoms with Gasteiger partial charge in [-0.2, -0.15) is 0 Å². The van der Waals surface area contributed by atoms with Crippen molar-refractivity contribution in [2.75, 3.05) is 5.32 Å². The lowest BCUT2D eigenvalue weighted by molar-refractivity contribution is -0.114. The van der Waals surface area contributed by atoms with Crippen molar-refractivity contribution in [3.05, 3.63) is 54.5 Å². The predicted octanol–water partition coefficient (Wildman–Crippen LogP) is 2.10. The van der Waals surface area contributed by atoms with Crippen molar-refractivity contribution in [2.24, 2.45) is 0 Å². The molecule has 7 heteroatoms. The molecule has 0 spiro atoms. The zero-order chi connectivity index (χ0) is 16.2. The third kappa shape index (κ3) is 2.98. The Bertz CT molecular complexity index is 858. The molecule has 0 unspecified atom stereocenters. The van der Waals surface area contributed by atoms with Crippen molar-refractivity contribution in [3.8, 4) is 16.9 Å². The van der Waals surface area contributed by atoms with Crippen LogP contribution in [0.25, 0.3) is 16.9 Å². The fraction of sp³-hybridized carbons (Fsp3) is 0.0625. The zero-order valence-electron chi connectivity index (χ0n) is 12.3. The van der Waals surface area contributed by atoms with E-state index in [1.165, 1.54) is 6.92 Å². The number of carbonyl (C=O) groups excluding carboxylic acids is 2. The Morgan fingerprint density at radius 2 is 2.00 bits per heavy atom. The SMILES string of the molecule is CC(=O)Nc1cccc(-n2nnc(C=O)c2-c2ccncc2)c1. The molecule has 0 aliphatic rings. The number of nitrogens with one attached hydrogen (secondary N) is 1. The third-order valence-electron chi connectivity index (χ3n) is 3.17. The minimum Gasteiger partial charge on any atom is -0.326 e. The molecule has 0 atom stereocenters. The third-order valence-corrected chi connectivity index (χ3v) is 3.17. The molecule has 114 valence electrons. The minimum absolute atomic E-state index is 0.163. The number of anilines is 1. The molecular formula is C16H13N5O2. The van der Waals surface area contributed by atoms with Crippen molar-refractivity contribution < 1.29 is 9.59 Å². The van der Waals surface area contributed by atoms with E-state index in [4.69, 9.17) is 0 Å². The topological polar surface area (TPSA) is 89.8 Å². The van der Waals surface area contributed by atoms with Crippen LogP contribution >= 0.6 is 0 Å². The number of rotatable bonds is 4. The van der Waals surface area contributed by atoms with Gasteiger partial charge in [0.1, 0.15) is 5.69 Å². The maximum absolute atomic E-state index is 11.3. The Kier molecular flexibility index (Phi) is 3.92. The van der Waals surface area contributed by atoms with Crippen molar-refractivity contribution in [1.82, 2.24) is 20.0 Å². The summed E-state index contributed by atoms with van der Waals surface area (Å²) in [5.74, 6) is -0.163. The van der Waals surface area contributed by atoms with Gasteiger partial charge in [0, 0.05) is 30.6 Å².